The average molecular weight is 271 g/mol. The highest BCUT2D eigenvalue weighted by Gasteiger charge is 2.20. The van der Waals surface area contributed by atoms with Gasteiger partial charge in [-0.15, -0.1) is 0 Å². The lowest BCUT2D eigenvalue weighted by atomic mass is 9.94. The van der Waals surface area contributed by atoms with Crippen molar-refractivity contribution in [3.05, 3.63) is 42.2 Å². The topological polar surface area (TPSA) is 19.4 Å². The summed E-state index contributed by atoms with van der Waals surface area (Å²) in [5.74, 6) is 0.895. The molecule has 3 heteroatoms. The zero-order chi connectivity index (χ0) is 13.6. The van der Waals surface area contributed by atoms with Gasteiger partial charge < -0.3 is 4.90 Å². The second-order valence-electron chi connectivity index (χ2n) is 6.08. The quantitative estimate of drug-likeness (QED) is 0.785. The van der Waals surface area contributed by atoms with E-state index in [2.05, 4.69) is 39.1 Å². The molecule has 20 heavy (non-hydrogen) atoms. The molecular formula is C17H25N3. The predicted octanol–water partition coefficient (Wildman–Crippen LogP) is 2.56. The Bertz CT molecular complexity index is 421. The van der Waals surface area contributed by atoms with Crippen LogP contribution in [-0.4, -0.2) is 47.5 Å². The van der Waals surface area contributed by atoms with Crippen molar-refractivity contribution >= 4 is 0 Å². The van der Waals surface area contributed by atoms with Gasteiger partial charge in [0, 0.05) is 51.7 Å². The van der Waals surface area contributed by atoms with E-state index < -0.39 is 0 Å². The molecule has 1 aliphatic carbocycles. The van der Waals surface area contributed by atoms with Gasteiger partial charge in [-0.25, -0.2) is 0 Å². The van der Waals surface area contributed by atoms with Crippen molar-refractivity contribution in [1.29, 1.82) is 0 Å². The van der Waals surface area contributed by atoms with Crippen molar-refractivity contribution in [2.75, 3.05) is 32.7 Å². The van der Waals surface area contributed by atoms with Gasteiger partial charge >= 0.3 is 0 Å². The lowest BCUT2D eigenvalue weighted by Gasteiger charge is -2.36. The first kappa shape index (κ1) is 13.8. The third kappa shape index (κ3) is 3.90. The van der Waals surface area contributed by atoms with E-state index in [1.165, 1.54) is 57.5 Å². The van der Waals surface area contributed by atoms with Crippen LogP contribution in [0.1, 0.15) is 24.8 Å². The number of allylic oxidation sites excluding steroid dienone is 2. The van der Waals surface area contributed by atoms with Crippen LogP contribution in [0.5, 0.6) is 0 Å². The molecule has 1 atom stereocenters. The first-order valence-electron chi connectivity index (χ1n) is 7.89. The SMILES string of the molecule is C1=CC[C@@H](CN2CCN(Cc3ccncc3)CC2)CC1. The van der Waals surface area contributed by atoms with Crippen LogP contribution in [0.2, 0.25) is 0 Å². The first-order valence-corrected chi connectivity index (χ1v) is 7.89. The second kappa shape index (κ2) is 7.00. The molecule has 108 valence electrons. The summed E-state index contributed by atoms with van der Waals surface area (Å²) in [4.78, 5) is 9.30. The molecule has 0 N–H and O–H groups in total. The fraction of sp³-hybridized carbons (Fsp3) is 0.588. The molecule has 3 nitrogen and oxygen atoms in total. The van der Waals surface area contributed by atoms with Crippen LogP contribution >= 0.6 is 0 Å². The van der Waals surface area contributed by atoms with E-state index in [9.17, 15) is 0 Å². The Hall–Kier alpha value is -1.19. The molecule has 3 rings (SSSR count). The summed E-state index contributed by atoms with van der Waals surface area (Å²) >= 11 is 0. The Morgan fingerprint density at radius 2 is 1.75 bits per heavy atom. The molecule has 2 aliphatic rings. The average Bonchev–Trinajstić information content (AvgIpc) is 2.51. The van der Waals surface area contributed by atoms with Crippen LogP contribution in [0.15, 0.2) is 36.7 Å². The van der Waals surface area contributed by atoms with Gasteiger partial charge in [-0.05, 0) is 42.9 Å². The maximum atomic E-state index is 4.08. The molecule has 0 amide bonds. The number of hydrogen-bond donors (Lipinski definition) is 0. The lowest BCUT2D eigenvalue weighted by molar-refractivity contribution is 0.111. The number of aromatic nitrogens is 1. The van der Waals surface area contributed by atoms with Crippen LogP contribution in [0.3, 0.4) is 0 Å². The maximum Gasteiger partial charge on any atom is 0.0271 e. The van der Waals surface area contributed by atoms with E-state index in [1.54, 1.807) is 0 Å². The molecule has 1 fully saturated rings. The summed E-state index contributed by atoms with van der Waals surface area (Å²) in [6, 6.07) is 4.25. The number of nitrogens with zero attached hydrogens (tertiary/aromatic N) is 3. The molecule has 0 radical (unpaired) electrons. The summed E-state index contributed by atoms with van der Waals surface area (Å²) < 4.78 is 0. The van der Waals surface area contributed by atoms with Crippen molar-refractivity contribution < 1.29 is 0 Å². The van der Waals surface area contributed by atoms with E-state index in [-0.39, 0.29) is 0 Å². The number of pyridine rings is 1. The Balaban J connectivity index is 1.41. The van der Waals surface area contributed by atoms with Gasteiger partial charge in [0.2, 0.25) is 0 Å². The highest BCUT2D eigenvalue weighted by Crippen LogP contribution is 2.20. The normalized spacial score (nSPS) is 24.9. The summed E-state index contributed by atoms with van der Waals surface area (Å²) in [5, 5.41) is 0. The monoisotopic (exact) mass is 271 g/mol. The van der Waals surface area contributed by atoms with E-state index in [0.717, 1.165) is 12.5 Å². The van der Waals surface area contributed by atoms with Crippen LogP contribution < -0.4 is 0 Å². The zero-order valence-electron chi connectivity index (χ0n) is 12.2. The standard InChI is InChI=1S/C17H25N3/c1-2-4-16(5-3-1)14-19-10-12-20(13-11-19)15-17-6-8-18-9-7-17/h1-2,6-9,16H,3-5,10-15H2/t16-/m1/s1. The Labute approximate surface area is 122 Å². The summed E-state index contributed by atoms with van der Waals surface area (Å²) in [6.07, 6.45) is 12.4. The molecule has 0 spiro atoms. The van der Waals surface area contributed by atoms with E-state index in [4.69, 9.17) is 0 Å². The molecule has 0 aromatic carbocycles. The van der Waals surface area contributed by atoms with E-state index >= 15 is 0 Å². The Kier molecular flexibility index (Phi) is 4.82. The van der Waals surface area contributed by atoms with Gasteiger partial charge in [0.05, 0.1) is 0 Å². The zero-order valence-corrected chi connectivity index (χ0v) is 12.2. The highest BCUT2D eigenvalue weighted by atomic mass is 15.3. The van der Waals surface area contributed by atoms with Gasteiger partial charge in [-0.1, -0.05) is 12.2 Å². The maximum absolute atomic E-state index is 4.08. The molecule has 1 aromatic heterocycles. The molecule has 0 saturated carbocycles. The second-order valence-corrected chi connectivity index (χ2v) is 6.08. The third-order valence-electron chi connectivity index (χ3n) is 4.51. The van der Waals surface area contributed by atoms with Crippen LogP contribution in [-0.2, 0) is 6.54 Å². The van der Waals surface area contributed by atoms with Gasteiger partial charge in [-0.2, -0.15) is 0 Å². The van der Waals surface area contributed by atoms with Crippen molar-refractivity contribution in [3.63, 3.8) is 0 Å². The minimum atomic E-state index is 0.895. The summed E-state index contributed by atoms with van der Waals surface area (Å²) in [5.41, 5.74) is 1.38. The lowest BCUT2D eigenvalue weighted by Crippen LogP contribution is -2.47. The molecule has 1 aromatic rings. The van der Waals surface area contributed by atoms with Gasteiger partial charge in [0.15, 0.2) is 0 Å². The van der Waals surface area contributed by atoms with E-state index in [0.29, 0.717) is 0 Å². The van der Waals surface area contributed by atoms with Crippen molar-refractivity contribution in [3.8, 4) is 0 Å². The molecule has 0 bridgehead atoms. The number of piperazine rings is 1. The van der Waals surface area contributed by atoms with Gasteiger partial charge in [-0.3, -0.25) is 9.88 Å². The van der Waals surface area contributed by atoms with Crippen LogP contribution in [0.4, 0.5) is 0 Å². The molecule has 1 saturated heterocycles. The molecule has 1 aliphatic heterocycles. The number of rotatable bonds is 4. The largest absolute Gasteiger partial charge is 0.301 e. The third-order valence-corrected chi connectivity index (χ3v) is 4.51. The van der Waals surface area contributed by atoms with Crippen LogP contribution in [0, 0.1) is 5.92 Å². The Morgan fingerprint density at radius 3 is 2.45 bits per heavy atom. The first-order chi connectivity index (χ1) is 9.90. The molecule has 0 unspecified atom stereocenters. The fourth-order valence-electron chi connectivity index (χ4n) is 3.26. The number of hydrogen-bond acceptors (Lipinski definition) is 3. The van der Waals surface area contributed by atoms with Crippen LogP contribution in [0.25, 0.3) is 0 Å². The Morgan fingerprint density at radius 1 is 1.00 bits per heavy atom. The fourth-order valence-corrected chi connectivity index (χ4v) is 3.26. The van der Waals surface area contributed by atoms with Gasteiger partial charge in [0.25, 0.3) is 0 Å². The highest BCUT2D eigenvalue weighted by molar-refractivity contribution is 5.09. The minimum Gasteiger partial charge on any atom is -0.301 e. The van der Waals surface area contributed by atoms with Crippen molar-refractivity contribution in [1.82, 2.24) is 14.8 Å². The summed E-state index contributed by atoms with van der Waals surface area (Å²) in [6.45, 7) is 7.22. The predicted molar refractivity (Wildman–Crippen MR) is 82.4 cm³/mol. The minimum absolute atomic E-state index is 0.895. The van der Waals surface area contributed by atoms with E-state index in [1.807, 2.05) is 12.4 Å². The smallest absolute Gasteiger partial charge is 0.0271 e. The molecular weight excluding hydrogens is 246 g/mol. The summed E-state index contributed by atoms with van der Waals surface area (Å²) in [7, 11) is 0. The van der Waals surface area contributed by atoms with Crippen molar-refractivity contribution in [2.45, 2.75) is 25.8 Å². The van der Waals surface area contributed by atoms with Crippen molar-refractivity contribution in [2.24, 2.45) is 5.92 Å². The van der Waals surface area contributed by atoms with Gasteiger partial charge in [0.1, 0.15) is 0 Å². The molecule has 2 heterocycles.